The third-order valence-electron chi connectivity index (χ3n) is 3.94. The van der Waals surface area contributed by atoms with E-state index in [0.29, 0.717) is 0 Å². The number of hydrogen-bond donors (Lipinski definition) is 1. The summed E-state index contributed by atoms with van der Waals surface area (Å²) in [4.78, 5) is 0. The van der Waals surface area contributed by atoms with E-state index in [1.54, 1.807) is 0 Å². The van der Waals surface area contributed by atoms with Gasteiger partial charge in [-0.15, -0.1) is 0 Å². The zero-order chi connectivity index (χ0) is 17.5. The zero-order valence-corrected chi connectivity index (χ0v) is 18.8. The van der Waals surface area contributed by atoms with Crippen molar-refractivity contribution in [2.45, 2.75) is 79.1 Å². The molecule has 0 saturated carbocycles. The summed E-state index contributed by atoms with van der Waals surface area (Å²) in [7, 11) is -4.92. The topological polar surface area (TPSA) is 77.4 Å². The van der Waals surface area contributed by atoms with Crippen LogP contribution in [0.25, 0.3) is 0 Å². The Kier molecular flexibility index (Phi) is 22.0. The molecule has 0 aliphatic rings. The van der Waals surface area contributed by atoms with Gasteiger partial charge in [-0.3, -0.25) is 4.55 Å². The van der Waals surface area contributed by atoms with Gasteiger partial charge in [-0.05, 0) is 25.7 Å². The Morgan fingerprint density at radius 1 is 0.783 bits per heavy atom. The Bertz CT molecular complexity index is 297. The fourth-order valence-corrected chi connectivity index (χ4v) is 2.64. The molecular formula is C16H38NNaO4S. The van der Waals surface area contributed by atoms with Crippen molar-refractivity contribution in [3.63, 3.8) is 0 Å². The molecule has 0 aromatic rings. The second-order valence-corrected chi connectivity index (χ2v) is 6.93. The molecule has 23 heavy (non-hydrogen) atoms. The Morgan fingerprint density at radius 3 is 1.09 bits per heavy atom. The van der Waals surface area contributed by atoms with Crippen molar-refractivity contribution in [1.82, 2.24) is 0 Å². The Hall–Kier alpha value is 0.830. The van der Waals surface area contributed by atoms with Crippen LogP contribution in [0.4, 0.5) is 0 Å². The van der Waals surface area contributed by atoms with Crippen LogP contribution in [0.5, 0.6) is 0 Å². The molecule has 7 heteroatoms. The van der Waals surface area contributed by atoms with E-state index >= 15 is 0 Å². The van der Waals surface area contributed by atoms with Crippen molar-refractivity contribution in [1.29, 1.82) is 0 Å². The summed E-state index contributed by atoms with van der Waals surface area (Å²) in [5.41, 5.74) is 0. The fourth-order valence-electron chi connectivity index (χ4n) is 2.64. The van der Waals surface area contributed by atoms with Crippen LogP contribution in [0, 0.1) is 0 Å². The minimum Gasteiger partial charge on any atom is -1.00 e. The van der Waals surface area contributed by atoms with E-state index in [2.05, 4.69) is 27.7 Å². The molecule has 0 amide bonds. The average Bonchev–Trinajstić information content (AvgIpc) is 2.44. The average molecular weight is 364 g/mol. The number of rotatable bonds is 12. The Morgan fingerprint density at radius 2 is 0.957 bits per heavy atom. The molecule has 0 aromatic heterocycles. The van der Waals surface area contributed by atoms with E-state index in [9.17, 15) is 0 Å². The third-order valence-corrected chi connectivity index (χ3v) is 3.94. The first kappa shape index (κ1) is 28.6. The van der Waals surface area contributed by atoms with Gasteiger partial charge in [0.25, 0.3) is 0 Å². The van der Waals surface area contributed by atoms with Gasteiger partial charge in [-0.2, -0.15) is 0 Å². The van der Waals surface area contributed by atoms with Crippen molar-refractivity contribution < 1.29 is 53.0 Å². The molecule has 0 unspecified atom stereocenters. The minimum atomic E-state index is -4.92. The first-order chi connectivity index (χ1) is 10.2. The second-order valence-electron chi connectivity index (χ2n) is 6.08. The number of unbranched alkanes of at least 4 members (excludes halogenated alkanes) is 4. The first-order valence-corrected chi connectivity index (χ1v) is 10.1. The summed E-state index contributed by atoms with van der Waals surface area (Å²) in [5, 5.41) is 0. The van der Waals surface area contributed by atoms with Crippen LogP contribution in [0.2, 0.25) is 0 Å². The monoisotopic (exact) mass is 363 g/mol. The maximum absolute atomic E-state index is 8.63. The van der Waals surface area contributed by atoms with E-state index < -0.39 is 10.4 Å². The van der Waals surface area contributed by atoms with Crippen LogP contribution < -0.4 is 29.6 Å². The normalized spacial score (nSPS) is 11.4. The van der Waals surface area contributed by atoms with E-state index in [4.69, 9.17) is 17.5 Å². The van der Waals surface area contributed by atoms with Crippen molar-refractivity contribution in [3.05, 3.63) is 0 Å². The summed E-state index contributed by atoms with van der Waals surface area (Å²) in [6.07, 6.45) is 11.1. The molecular weight excluding hydrogens is 325 g/mol. The Balaban J connectivity index is -0.000000250. The first-order valence-electron chi connectivity index (χ1n) is 8.78. The largest absolute Gasteiger partial charge is 1.00 e. The molecule has 0 saturated heterocycles. The van der Waals surface area contributed by atoms with Gasteiger partial charge in [0, 0.05) is 0 Å². The summed E-state index contributed by atoms with van der Waals surface area (Å²) in [6.45, 7) is 15.0. The van der Waals surface area contributed by atoms with Crippen LogP contribution in [-0.2, 0) is 10.4 Å². The molecule has 0 radical (unpaired) electrons. The van der Waals surface area contributed by atoms with Crippen LogP contribution in [-0.4, -0.2) is 48.2 Å². The molecule has 0 aliphatic carbocycles. The van der Waals surface area contributed by atoms with Gasteiger partial charge in [-0.1, -0.05) is 53.4 Å². The van der Waals surface area contributed by atoms with Gasteiger partial charge in [0.15, 0.2) is 0 Å². The summed E-state index contributed by atoms with van der Waals surface area (Å²) in [5.74, 6) is 0. The van der Waals surface area contributed by atoms with E-state index in [1.165, 1.54) is 82.0 Å². The van der Waals surface area contributed by atoms with Crippen LogP contribution in [0.15, 0.2) is 0 Å². The predicted molar refractivity (Wildman–Crippen MR) is 92.8 cm³/mol. The minimum absolute atomic E-state index is 0. The molecule has 0 fully saturated rings. The maximum Gasteiger partial charge on any atom is 1.00 e. The molecule has 0 spiro atoms. The molecule has 0 bridgehead atoms. The van der Waals surface area contributed by atoms with Crippen molar-refractivity contribution >= 4 is 10.4 Å². The van der Waals surface area contributed by atoms with Crippen molar-refractivity contribution in [2.75, 3.05) is 26.2 Å². The molecule has 0 rings (SSSR count). The second kappa shape index (κ2) is 17.6. The van der Waals surface area contributed by atoms with Crippen LogP contribution >= 0.6 is 0 Å². The number of nitrogens with zero attached hydrogens (tertiary/aromatic N) is 1. The molecule has 0 heterocycles. The third kappa shape index (κ3) is 22.8. The molecule has 0 aromatic carbocycles. The number of hydrogen-bond acceptors (Lipinski definition) is 3. The molecule has 138 valence electrons. The SMILES string of the molecule is CCCC[N+](CCCC)(CCCC)CCCC.O=S(=O)([O-])O.[H-].[Na+]. The molecule has 0 atom stereocenters. The zero-order valence-electron chi connectivity index (χ0n) is 17.0. The van der Waals surface area contributed by atoms with E-state index in [1.807, 2.05) is 0 Å². The van der Waals surface area contributed by atoms with Gasteiger partial charge < -0.3 is 10.5 Å². The van der Waals surface area contributed by atoms with Gasteiger partial charge in [0.05, 0.1) is 26.2 Å². The summed E-state index contributed by atoms with van der Waals surface area (Å²) < 4.78 is 34.3. The van der Waals surface area contributed by atoms with Crippen molar-refractivity contribution in [3.8, 4) is 0 Å². The van der Waals surface area contributed by atoms with Crippen LogP contribution in [0.3, 0.4) is 0 Å². The maximum atomic E-state index is 8.63. The number of quaternary nitrogens is 1. The fraction of sp³-hybridized carbons (Fsp3) is 1.00. The van der Waals surface area contributed by atoms with Gasteiger partial charge in [-0.25, -0.2) is 8.42 Å². The molecule has 5 nitrogen and oxygen atoms in total. The molecule has 0 aliphatic heterocycles. The van der Waals surface area contributed by atoms with Gasteiger partial charge >= 0.3 is 29.6 Å². The van der Waals surface area contributed by atoms with Crippen LogP contribution in [0.1, 0.15) is 80.5 Å². The van der Waals surface area contributed by atoms with Crippen molar-refractivity contribution in [2.24, 2.45) is 0 Å². The van der Waals surface area contributed by atoms with Gasteiger partial charge in [0.1, 0.15) is 0 Å². The van der Waals surface area contributed by atoms with Gasteiger partial charge in [0.2, 0.25) is 10.4 Å². The Labute approximate surface area is 168 Å². The molecule has 1 N–H and O–H groups in total. The smallest absolute Gasteiger partial charge is 1.00 e. The van der Waals surface area contributed by atoms with E-state index in [0.717, 1.165) is 0 Å². The predicted octanol–water partition coefficient (Wildman–Crippen LogP) is 1.12. The quantitative estimate of drug-likeness (QED) is 0.244. The summed E-state index contributed by atoms with van der Waals surface area (Å²) in [6, 6.07) is 0. The van der Waals surface area contributed by atoms with E-state index in [-0.39, 0.29) is 31.0 Å². The standard InChI is InChI=1S/C16H36N.Na.H2O4S.H/c1-5-9-13-17(14-10-6-2,15-11-7-3)16-12-8-4;;1-5(2,3)4;/h5-16H2,1-4H3;;(H2,1,2,3,4);/q2*+1;;-1/p-1. The summed E-state index contributed by atoms with van der Waals surface area (Å²) >= 11 is 0.